The monoisotopic (exact) mass is 276 g/mol. The Kier molecular flexibility index (Phi) is 5.74. The first kappa shape index (κ1) is 16.2. The Balaban J connectivity index is 3.04. The fourth-order valence-electron chi connectivity index (χ4n) is 1.52. The molecule has 0 saturated carbocycles. The van der Waals surface area contributed by atoms with Gasteiger partial charge in [-0.3, -0.25) is 4.79 Å². The molecule has 1 aromatic carbocycles. The summed E-state index contributed by atoms with van der Waals surface area (Å²) in [5, 5.41) is 6.90. The first-order valence-corrected chi connectivity index (χ1v) is 6.95. The van der Waals surface area contributed by atoms with E-state index in [0.29, 0.717) is 12.3 Å². The Hall–Kier alpha value is -1.84. The van der Waals surface area contributed by atoms with Crippen molar-refractivity contribution >= 4 is 11.6 Å². The molecule has 0 atom stereocenters. The molecular formula is C16H24N2O2. The molecule has 0 aliphatic heterocycles. The van der Waals surface area contributed by atoms with Crippen LogP contribution in [-0.2, 0) is 9.63 Å². The first-order valence-electron chi connectivity index (χ1n) is 6.95. The third kappa shape index (κ3) is 5.43. The van der Waals surface area contributed by atoms with Crippen molar-refractivity contribution in [2.45, 2.75) is 46.6 Å². The van der Waals surface area contributed by atoms with E-state index in [0.717, 1.165) is 17.5 Å². The Morgan fingerprint density at radius 2 is 2.05 bits per heavy atom. The van der Waals surface area contributed by atoms with Crippen LogP contribution >= 0.6 is 0 Å². The van der Waals surface area contributed by atoms with E-state index in [1.165, 1.54) is 0 Å². The van der Waals surface area contributed by atoms with Crippen molar-refractivity contribution in [1.82, 2.24) is 5.32 Å². The molecule has 0 unspecified atom stereocenters. The van der Waals surface area contributed by atoms with Gasteiger partial charge < -0.3 is 10.2 Å². The van der Waals surface area contributed by atoms with Crippen LogP contribution in [0.3, 0.4) is 0 Å². The van der Waals surface area contributed by atoms with E-state index in [1.807, 2.05) is 58.9 Å². The number of carbonyl (C=O) groups is 1. The van der Waals surface area contributed by atoms with E-state index in [9.17, 15) is 4.79 Å². The summed E-state index contributed by atoms with van der Waals surface area (Å²) in [6.07, 6.45) is 0.882. The quantitative estimate of drug-likeness (QED) is 0.664. The van der Waals surface area contributed by atoms with Gasteiger partial charge in [0.2, 0.25) is 0 Å². The van der Waals surface area contributed by atoms with Crippen LogP contribution in [0.2, 0.25) is 0 Å². The summed E-state index contributed by atoms with van der Waals surface area (Å²) in [6, 6.07) is 7.68. The number of aryl methyl sites for hydroxylation is 1. The number of nitrogens with one attached hydrogen (secondary N) is 1. The van der Waals surface area contributed by atoms with Gasteiger partial charge in [0.1, 0.15) is 5.60 Å². The number of hydrogen-bond donors (Lipinski definition) is 1. The topological polar surface area (TPSA) is 50.7 Å². The summed E-state index contributed by atoms with van der Waals surface area (Å²) in [7, 11) is 0. The van der Waals surface area contributed by atoms with Crippen LogP contribution in [0.1, 0.15) is 45.2 Å². The first-order chi connectivity index (χ1) is 9.33. The second kappa shape index (κ2) is 7.08. The van der Waals surface area contributed by atoms with Crippen LogP contribution in [0.25, 0.3) is 0 Å². The lowest BCUT2D eigenvalue weighted by Crippen LogP contribution is -2.33. The van der Waals surface area contributed by atoms with Crippen molar-refractivity contribution in [3.05, 3.63) is 35.4 Å². The molecule has 1 aromatic rings. The maximum absolute atomic E-state index is 12.2. The largest absolute Gasteiger partial charge is 0.389 e. The lowest BCUT2D eigenvalue weighted by Gasteiger charge is -2.17. The van der Waals surface area contributed by atoms with Gasteiger partial charge in [0.05, 0.1) is 0 Å². The van der Waals surface area contributed by atoms with E-state index < -0.39 is 5.60 Å². The van der Waals surface area contributed by atoms with Crippen LogP contribution in [0.5, 0.6) is 0 Å². The summed E-state index contributed by atoms with van der Waals surface area (Å²) in [6.45, 7) is 10.3. The summed E-state index contributed by atoms with van der Waals surface area (Å²) in [5.74, 6) is -0.207. The molecule has 0 bridgehead atoms. The van der Waals surface area contributed by atoms with Gasteiger partial charge in [-0.15, -0.1) is 0 Å². The van der Waals surface area contributed by atoms with Crippen LogP contribution in [0, 0.1) is 6.92 Å². The smallest absolute Gasteiger partial charge is 0.273 e. The summed E-state index contributed by atoms with van der Waals surface area (Å²) >= 11 is 0. The minimum Gasteiger partial charge on any atom is -0.389 e. The van der Waals surface area contributed by atoms with Crippen molar-refractivity contribution in [1.29, 1.82) is 0 Å². The minimum atomic E-state index is -0.430. The van der Waals surface area contributed by atoms with Crippen LogP contribution in [-0.4, -0.2) is 23.8 Å². The predicted molar refractivity (Wildman–Crippen MR) is 81.9 cm³/mol. The lowest BCUT2D eigenvalue weighted by molar-refractivity contribution is -0.115. The molecule has 4 heteroatoms. The van der Waals surface area contributed by atoms with Gasteiger partial charge in [0.25, 0.3) is 5.91 Å². The Labute approximate surface area is 121 Å². The normalized spacial score (nSPS) is 12.2. The molecule has 0 spiro atoms. The molecule has 20 heavy (non-hydrogen) atoms. The molecule has 0 saturated heterocycles. The molecule has 1 rings (SSSR count). The summed E-state index contributed by atoms with van der Waals surface area (Å²) in [4.78, 5) is 17.6. The molecule has 0 fully saturated rings. The fourth-order valence-corrected chi connectivity index (χ4v) is 1.52. The van der Waals surface area contributed by atoms with E-state index >= 15 is 0 Å². The molecule has 0 radical (unpaired) electrons. The van der Waals surface area contributed by atoms with E-state index in [1.54, 1.807) is 0 Å². The van der Waals surface area contributed by atoms with Crippen molar-refractivity contribution in [2.75, 3.05) is 6.54 Å². The molecule has 0 aromatic heterocycles. The fraction of sp³-hybridized carbons (Fsp3) is 0.500. The zero-order chi connectivity index (χ0) is 15.2. The highest BCUT2D eigenvalue weighted by molar-refractivity contribution is 6.45. The van der Waals surface area contributed by atoms with Crippen molar-refractivity contribution in [3.63, 3.8) is 0 Å². The predicted octanol–water partition coefficient (Wildman–Crippen LogP) is 3.04. The standard InChI is InChI=1S/C16H24N2O2/c1-6-10-17-15(19)14(18-20-16(3,4)5)13-9-7-8-12(2)11-13/h7-9,11H,6,10H2,1-5H3,(H,17,19). The molecule has 0 heterocycles. The average molecular weight is 276 g/mol. The number of nitrogens with zero attached hydrogens (tertiary/aromatic N) is 1. The number of amides is 1. The van der Waals surface area contributed by atoms with E-state index in [2.05, 4.69) is 10.5 Å². The Morgan fingerprint density at radius 1 is 1.35 bits per heavy atom. The molecular weight excluding hydrogens is 252 g/mol. The second-order valence-electron chi connectivity index (χ2n) is 5.77. The maximum Gasteiger partial charge on any atom is 0.273 e. The zero-order valence-electron chi connectivity index (χ0n) is 13.0. The number of rotatable bonds is 5. The molecule has 4 nitrogen and oxygen atoms in total. The summed E-state index contributed by atoms with van der Waals surface area (Å²) in [5.41, 5.74) is 1.73. The molecule has 0 aliphatic carbocycles. The van der Waals surface area contributed by atoms with E-state index in [-0.39, 0.29) is 5.91 Å². The van der Waals surface area contributed by atoms with Gasteiger partial charge >= 0.3 is 0 Å². The number of oxime groups is 1. The number of benzene rings is 1. The maximum atomic E-state index is 12.2. The SMILES string of the molecule is CCCNC(=O)C(=NOC(C)(C)C)c1cccc(C)c1. The number of hydrogen-bond acceptors (Lipinski definition) is 3. The average Bonchev–Trinajstić information content (AvgIpc) is 2.35. The highest BCUT2D eigenvalue weighted by Gasteiger charge is 2.17. The minimum absolute atomic E-state index is 0.207. The molecule has 1 N–H and O–H groups in total. The van der Waals surface area contributed by atoms with Crippen LogP contribution in [0.15, 0.2) is 29.4 Å². The van der Waals surface area contributed by atoms with Crippen molar-refractivity contribution < 1.29 is 9.63 Å². The van der Waals surface area contributed by atoms with Crippen LogP contribution in [0.4, 0.5) is 0 Å². The van der Waals surface area contributed by atoms with Crippen molar-refractivity contribution in [2.24, 2.45) is 5.16 Å². The zero-order valence-corrected chi connectivity index (χ0v) is 13.0. The van der Waals surface area contributed by atoms with Gasteiger partial charge in [-0.05, 0) is 40.2 Å². The lowest BCUT2D eigenvalue weighted by atomic mass is 10.1. The molecule has 110 valence electrons. The third-order valence-electron chi connectivity index (χ3n) is 2.45. The Bertz CT molecular complexity index is 487. The molecule has 0 aliphatic rings. The van der Waals surface area contributed by atoms with Gasteiger partial charge in [-0.2, -0.15) is 0 Å². The van der Waals surface area contributed by atoms with E-state index in [4.69, 9.17) is 4.84 Å². The highest BCUT2D eigenvalue weighted by atomic mass is 16.6. The van der Waals surface area contributed by atoms with Crippen LogP contribution < -0.4 is 5.32 Å². The third-order valence-corrected chi connectivity index (χ3v) is 2.45. The molecule has 1 amide bonds. The highest BCUT2D eigenvalue weighted by Crippen LogP contribution is 2.11. The van der Waals surface area contributed by atoms with Gasteiger partial charge in [0, 0.05) is 12.1 Å². The summed E-state index contributed by atoms with van der Waals surface area (Å²) < 4.78 is 0. The second-order valence-corrected chi connectivity index (χ2v) is 5.77. The van der Waals surface area contributed by atoms with Gasteiger partial charge in [0.15, 0.2) is 5.71 Å². The number of carbonyl (C=O) groups excluding carboxylic acids is 1. The Morgan fingerprint density at radius 3 is 2.60 bits per heavy atom. The van der Waals surface area contributed by atoms with Gasteiger partial charge in [-0.25, -0.2) is 0 Å². The van der Waals surface area contributed by atoms with Gasteiger partial charge in [-0.1, -0.05) is 35.8 Å². The van der Waals surface area contributed by atoms with Crippen molar-refractivity contribution in [3.8, 4) is 0 Å².